The van der Waals surface area contributed by atoms with Crippen LogP contribution in [0.3, 0.4) is 0 Å². The van der Waals surface area contributed by atoms with E-state index in [0.717, 1.165) is 24.3 Å². The van der Waals surface area contributed by atoms with Crippen LogP contribution in [-0.2, 0) is 6.54 Å². The molecule has 1 fully saturated rings. The number of rotatable bonds is 3. The lowest BCUT2D eigenvalue weighted by Crippen LogP contribution is -2.32. The Kier molecular flexibility index (Phi) is 3.68. The molecule has 0 aromatic carbocycles. The van der Waals surface area contributed by atoms with E-state index < -0.39 is 0 Å². The first-order chi connectivity index (χ1) is 10.8. The quantitative estimate of drug-likeness (QED) is 0.744. The minimum Gasteiger partial charge on any atom is -0.307 e. The van der Waals surface area contributed by atoms with Crippen LogP contribution in [0.1, 0.15) is 29.5 Å². The average molecular weight is 312 g/mol. The van der Waals surface area contributed by atoms with E-state index in [4.69, 9.17) is 4.98 Å². The average Bonchev–Trinajstić information content (AvgIpc) is 3.16. The number of thiophene rings is 1. The number of likely N-dealkylation sites (N-methyl/N-ethyl adjacent to an activating group) is 1. The Hall–Kier alpha value is -1.72. The van der Waals surface area contributed by atoms with Crippen molar-refractivity contribution in [3.05, 3.63) is 46.5 Å². The number of imidazole rings is 1. The van der Waals surface area contributed by atoms with Crippen LogP contribution < -0.4 is 0 Å². The summed E-state index contributed by atoms with van der Waals surface area (Å²) in [6.45, 7) is 3.16. The highest BCUT2D eigenvalue weighted by Gasteiger charge is 2.25. The molecule has 0 bridgehead atoms. The lowest BCUT2D eigenvalue weighted by Gasteiger charge is -2.29. The van der Waals surface area contributed by atoms with Gasteiger partial charge in [0.2, 0.25) is 0 Å². The number of pyridine rings is 1. The van der Waals surface area contributed by atoms with E-state index in [1.54, 1.807) is 11.3 Å². The number of aromatic nitrogens is 3. The predicted molar refractivity (Wildman–Crippen MR) is 90.4 cm³/mol. The smallest absolute Gasteiger partial charge is 0.160 e. The fourth-order valence-corrected chi connectivity index (χ4v) is 4.07. The van der Waals surface area contributed by atoms with Crippen molar-refractivity contribution in [2.45, 2.75) is 25.3 Å². The van der Waals surface area contributed by atoms with Gasteiger partial charge in [0, 0.05) is 23.5 Å². The Bertz CT molecular complexity index is 762. The van der Waals surface area contributed by atoms with Gasteiger partial charge in [-0.15, -0.1) is 11.3 Å². The maximum Gasteiger partial charge on any atom is 0.160 e. The van der Waals surface area contributed by atoms with Gasteiger partial charge in [0.25, 0.3) is 0 Å². The van der Waals surface area contributed by atoms with Crippen LogP contribution in [0, 0.1) is 0 Å². The number of hydrogen-bond acceptors (Lipinski definition) is 4. The number of hydrogen-bond donors (Lipinski definition) is 0. The predicted octanol–water partition coefficient (Wildman–Crippen LogP) is 3.35. The van der Waals surface area contributed by atoms with Crippen LogP contribution in [0.2, 0.25) is 0 Å². The molecule has 3 aromatic heterocycles. The van der Waals surface area contributed by atoms with E-state index in [1.165, 1.54) is 30.1 Å². The normalized spacial score (nSPS) is 19.8. The van der Waals surface area contributed by atoms with Crippen LogP contribution in [0.5, 0.6) is 0 Å². The monoisotopic (exact) mass is 312 g/mol. The lowest BCUT2D eigenvalue weighted by molar-refractivity contribution is 0.244. The van der Waals surface area contributed by atoms with Crippen LogP contribution in [0.15, 0.2) is 35.8 Å². The molecule has 0 aliphatic carbocycles. The van der Waals surface area contributed by atoms with Crippen molar-refractivity contribution in [2.75, 3.05) is 20.1 Å². The first-order valence-electron chi connectivity index (χ1n) is 7.83. The maximum atomic E-state index is 4.93. The van der Waals surface area contributed by atoms with Gasteiger partial charge in [-0.05, 0) is 50.0 Å². The Morgan fingerprint density at radius 1 is 1.32 bits per heavy atom. The number of nitrogens with zero attached hydrogens (tertiary/aromatic N) is 4. The number of fused-ring (bicyclic) bond motifs is 1. The van der Waals surface area contributed by atoms with Crippen molar-refractivity contribution in [3.63, 3.8) is 0 Å². The summed E-state index contributed by atoms with van der Waals surface area (Å²) in [4.78, 5) is 13.3. The molecule has 1 unspecified atom stereocenters. The Morgan fingerprint density at radius 3 is 3.09 bits per heavy atom. The van der Waals surface area contributed by atoms with Gasteiger partial charge in [-0.25, -0.2) is 9.97 Å². The minimum absolute atomic E-state index is 0.507. The molecule has 0 amide bonds. The molecular formula is C17H20N4S. The second-order valence-corrected chi connectivity index (χ2v) is 7.12. The topological polar surface area (TPSA) is 34.0 Å². The maximum absolute atomic E-state index is 4.93. The summed E-state index contributed by atoms with van der Waals surface area (Å²) in [5, 5.41) is 2.13. The molecule has 1 aliphatic heterocycles. The van der Waals surface area contributed by atoms with Gasteiger partial charge in [0.15, 0.2) is 5.65 Å². The molecular weight excluding hydrogens is 292 g/mol. The fraction of sp³-hybridized carbons (Fsp3) is 0.412. The van der Waals surface area contributed by atoms with Gasteiger partial charge in [-0.2, -0.15) is 0 Å². The molecule has 5 heteroatoms. The van der Waals surface area contributed by atoms with Crippen molar-refractivity contribution < 1.29 is 0 Å². The van der Waals surface area contributed by atoms with Crippen LogP contribution in [-0.4, -0.2) is 39.6 Å². The van der Waals surface area contributed by atoms with E-state index in [1.807, 2.05) is 12.3 Å². The summed E-state index contributed by atoms with van der Waals surface area (Å²) < 4.78 is 2.32. The zero-order valence-corrected chi connectivity index (χ0v) is 13.6. The zero-order valence-electron chi connectivity index (χ0n) is 12.8. The second kappa shape index (κ2) is 5.82. The summed E-state index contributed by atoms with van der Waals surface area (Å²) in [6.07, 6.45) is 4.33. The van der Waals surface area contributed by atoms with E-state index >= 15 is 0 Å². The van der Waals surface area contributed by atoms with Gasteiger partial charge in [0.05, 0.1) is 6.54 Å². The molecule has 4 rings (SSSR count). The third kappa shape index (κ3) is 2.55. The van der Waals surface area contributed by atoms with Gasteiger partial charge in [-0.3, -0.25) is 0 Å². The first-order valence-corrected chi connectivity index (χ1v) is 8.71. The summed E-state index contributed by atoms with van der Waals surface area (Å²) in [7, 11) is 2.21. The van der Waals surface area contributed by atoms with Crippen molar-refractivity contribution in [1.82, 2.24) is 19.4 Å². The van der Waals surface area contributed by atoms with Crippen LogP contribution in [0.25, 0.3) is 11.2 Å². The standard InChI is InChI=1S/C17H20N4S/c1-20-9-3-5-13(11-20)16-19-15-7-2-8-18-17(15)21(16)12-14-6-4-10-22-14/h2,4,6-8,10,13H,3,5,9,11-12H2,1H3. The molecule has 22 heavy (non-hydrogen) atoms. The molecule has 0 saturated carbocycles. The SMILES string of the molecule is CN1CCCC(c2nc3cccnc3n2Cc2cccs2)C1. The van der Waals surface area contributed by atoms with Crippen LogP contribution in [0.4, 0.5) is 0 Å². The van der Waals surface area contributed by atoms with E-state index in [9.17, 15) is 0 Å². The van der Waals surface area contributed by atoms with Gasteiger partial charge in [-0.1, -0.05) is 6.07 Å². The van der Waals surface area contributed by atoms with Gasteiger partial charge < -0.3 is 9.47 Å². The molecule has 1 saturated heterocycles. The van der Waals surface area contributed by atoms with E-state index in [0.29, 0.717) is 5.92 Å². The zero-order chi connectivity index (χ0) is 14.9. The molecule has 114 valence electrons. The molecule has 3 aromatic rings. The number of likely N-dealkylation sites (tertiary alicyclic amines) is 1. The van der Waals surface area contributed by atoms with Crippen molar-refractivity contribution in [3.8, 4) is 0 Å². The molecule has 4 nitrogen and oxygen atoms in total. The largest absolute Gasteiger partial charge is 0.307 e. The van der Waals surface area contributed by atoms with Gasteiger partial charge >= 0.3 is 0 Å². The summed E-state index contributed by atoms with van der Waals surface area (Å²) in [5.41, 5.74) is 2.03. The molecule has 1 aliphatic rings. The Labute approximate surface area is 134 Å². The molecule has 0 radical (unpaired) electrons. The Morgan fingerprint density at radius 2 is 2.27 bits per heavy atom. The molecule has 0 spiro atoms. The fourth-order valence-electron chi connectivity index (χ4n) is 3.38. The highest BCUT2D eigenvalue weighted by Crippen LogP contribution is 2.29. The minimum atomic E-state index is 0.507. The third-order valence-electron chi connectivity index (χ3n) is 4.42. The summed E-state index contributed by atoms with van der Waals surface area (Å²) >= 11 is 1.80. The highest BCUT2D eigenvalue weighted by molar-refractivity contribution is 7.09. The van der Waals surface area contributed by atoms with Crippen molar-refractivity contribution >= 4 is 22.5 Å². The van der Waals surface area contributed by atoms with E-state index in [-0.39, 0.29) is 0 Å². The summed E-state index contributed by atoms with van der Waals surface area (Å²) in [5.74, 6) is 1.71. The summed E-state index contributed by atoms with van der Waals surface area (Å²) in [6, 6.07) is 8.35. The Balaban J connectivity index is 1.78. The van der Waals surface area contributed by atoms with Gasteiger partial charge in [0.1, 0.15) is 11.3 Å². The lowest BCUT2D eigenvalue weighted by atomic mass is 9.97. The highest BCUT2D eigenvalue weighted by atomic mass is 32.1. The van der Waals surface area contributed by atoms with Crippen LogP contribution >= 0.6 is 11.3 Å². The molecule has 1 atom stereocenters. The van der Waals surface area contributed by atoms with Crippen molar-refractivity contribution in [1.29, 1.82) is 0 Å². The first kappa shape index (κ1) is 13.9. The third-order valence-corrected chi connectivity index (χ3v) is 5.28. The number of piperidine rings is 1. The molecule has 4 heterocycles. The van der Waals surface area contributed by atoms with Crippen molar-refractivity contribution in [2.24, 2.45) is 0 Å². The van der Waals surface area contributed by atoms with E-state index in [2.05, 4.69) is 45.1 Å². The molecule has 0 N–H and O–H groups in total. The second-order valence-electron chi connectivity index (χ2n) is 6.08.